The summed E-state index contributed by atoms with van der Waals surface area (Å²) >= 11 is 0. The summed E-state index contributed by atoms with van der Waals surface area (Å²) in [5, 5.41) is 31.0. The number of methoxy groups -OCH3 is 1. The summed E-state index contributed by atoms with van der Waals surface area (Å²) in [6, 6.07) is 0. The Morgan fingerprint density at radius 2 is 1.40 bits per heavy atom. The third-order valence-electron chi connectivity index (χ3n) is 0.264. The third-order valence-corrected chi connectivity index (χ3v) is 0.264. The van der Waals surface area contributed by atoms with Gasteiger partial charge < -0.3 is 25.2 Å². The molecular weight excluding hydrogens is 204 g/mol. The molecule has 0 aromatic carbocycles. The monoisotopic (exact) mass is 228 g/mol. The molecule has 0 spiro atoms. The summed E-state index contributed by atoms with van der Waals surface area (Å²) in [5.74, 6) is -0.833. The van der Waals surface area contributed by atoms with Crippen LogP contribution in [-0.4, -0.2) is 59.9 Å². The SMILES string of the molecule is CC(=O)O.CC(O)CO.CCO.COC. The summed E-state index contributed by atoms with van der Waals surface area (Å²) < 4.78 is 4.25. The fraction of sp³-hybridized carbons (Fsp3) is 0.889. The molecule has 1 unspecified atom stereocenters. The number of hydrogen-bond donors (Lipinski definition) is 4. The van der Waals surface area contributed by atoms with E-state index in [1.54, 1.807) is 21.1 Å². The summed E-state index contributed by atoms with van der Waals surface area (Å²) in [5.41, 5.74) is 0. The lowest BCUT2D eigenvalue weighted by Crippen LogP contribution is -2.03. The minimum atomic E-state index is -0.833. The summed E-state index contributed by atoms with van der Waals surface area (Å²) in [6.45, 7) is 4.40. The van der Waals surface area contributed by atoms with Crippen LogP contribution in [0.5, 0.6) is 0 Å². The average Bonchev–Trinajstić information content (AvgIpc) is 2.06. The van der Waals surface area contributed by atoms with Gasteiger partial charge in [-0.2, -0.15) is 0 Å². The van der Waals surface area contributed by atoms with Gasteiger partial charge >= 0.3 is 0 Å². The summed E-state index contributed by atoms with van der Waals surface area (Å²) in [6.07, 6.45) is -0.560. The summed E-state index contributed by atoms with van der Waals surface area (Å²) in [7, 11) is 3.25. The lowest BCUT2D eigenvalue weighted by atomic mass is 10.5. The fourth-order valence-electron chi connectivity index (χ4n) is 0. The first kappa shape index (κ1) is 23.8. The molecule has 0 aromatic heterocycles. The number of aliphatic hydroxyl groups is 3. The van der Waals surface area contributed by atoms with Crippen molar-refractivity contribution in [3.05, 3.63) is 0 Å². The predicted octanol–water partition coefficient (Wildman–Crippen LogP) is -0.288. The highest BCUT2D eigenvalue weighted by Gasteiger charge is 1.83. The van der Waals surface area contributed by atoms with E-state index in [4.69, 9.17) is 25.2 Å². The van der Waals surface area contributed by atoms with Crippen molar-refractivity contribution in [1.82, 2.24) is 0 Å². The van der Waals surface area contributed by atoms with Gasteiger partial charge in [0.2, 0.25) is 0 Å². The number of ether oxygens (including phenoxy) is 1. The molecule has 0 radical (unpaired) electrons. The first-order valence-electron chi connectivity index (χ1n) is 4.33. The molecule has 0 aliphatic rings. The average molecular weight is 228 g/mol. The second kappa shape index (κ2) is 29.2. The molecule has 1 atom stereocenters. The molecule has 0 heterocycles. The molecule has 0 fully saturated rings. The minimum absolute atomic E-state index is 0.139. The Labute approximate surface area is 91.1 Å². The largest absolute Gasteiger partial charge is 0.481 e. The zero-order valence-corrected chi connectivity index (χ0v) is 10.1. The maximum Gasteiger partial charge on any atom is 0.300 e. The molecule has 0 aliphatic carbocycles. The molecule has 0 aromatic rings. The van der Waals surface area contributed by atoms with Crippen LogP contribution in [0.1, 0.15) is 20.8 Å². The van der Waals surface area contributed by atoms with E-state index >= 15 is 0 Å². The van der Waals surface area contributed by atoms with Crippen LogP contribution in [0.3, 0.4) is 0 Å². The van der Waals surface area contributed by atoms with Crippen LogP contribution in [0.2, 0.25) is 0 Å². The predicted molar refractivity (Wildman–Crippen MR) is 57.8 cm³/mol. The van der Waals surface area contributed by atoms with Gasteiger partial charge in [-0.3, -0.25) is 4.79 Å². The summed E-state index contributed by atoms with van der Waals surface area (Å²) in [4.78, 5) is 9.00. The van der Waals surface area contributed by atoms with Crippen LogP contribution in [0, 0.1) is 0 Å². The van der Waals surface area contributed by atoms with Gasteiger partial charge in [-0.25, -0.2) is 0 Å². The quantitative estimate of drug-likeness (QED) is 0.491. The van der Waals surface area contributed by atoms with Crippen LogP contribution in [0.15, 0.2) is 0 Å². The van der Waals surface area contributed by atoms with Crippen molar-refractivity contribution in [3.63, 3.8) is 0 Å². The first-order chi connectivity index (χ1) is 6.83. The molecule has 4 N–H and O–H groups in total. The van der Waals surface area contributed by atoms with E-state index in [9.17, 15) is 0 Å². The van der Waals surface area contributed by atoms with Crippen LogP contribution in [0.4, 0.5) is 0 Å². The molecule has 0 saturated carbocycles. The van der Waals surface area contributed by atoms with Gasteiger partial charge in [0, 0.05) is 27.8 Å². The smallest absolute Gasteiger partial charge is 0.300 e. The highest BCUT2D eigenvalue weighted by atomic mass is 16.4. The molecule has 0 amide bonds. The van der Waals surface area contributed by atoms with Crippen molar-refractivity contribution in [1.29, 1.82) is 0 Å². The van der Waals surface area contributed by atoms with Crippen molar-refractivity contribution in [3.8, 4) is 0 Å². The molecule has 0 saturated heterocycles. The lowest BCUT2D eigenvalue weighted by Gasteiger charge is -1.90. The zero-order valence-electron chi connectivity index (χ0n) is 10.1. The number of hydrogen-bond acceptors (Lipinski definition) is 5. The van der Waals surface area contributed by atoms with Gasteiger partial charge in [0.1, 0.15) is 0 Å². The Balaban J connectivity index is -0.0000000553. The van der Waals surface area contributed by atoms with E-state index < -0.39 is 12.1 Å². The van der Waals surface area contributed by atoms with Crippen LogP contribution in [-0.2, 0) is 9.53 Å². The molecule has 96 valence electrons. The second-order valence-corrected chi connectivity index (χ2v) is 2.28. The number of rotatable bonds is 1. The van der Waals surface area contributed by atoms with Crippen LogP contribution < -0.4 is 0 Å². The molecule has 0 bridgehead atoms. The first-order valence-corrected chi connectivity index (χ1v) is 4.33. The van der Waals surface area contributed by atoms with Crippen molar-refractivity contribution in [2.24, 2.45) is 0 Å². The number of aliphatic carboxylic acids is 1. The molecule has 6 heteroatoms. The Morgan fingerprint density at radius 1 is 1.33 bits per heavy atom. The van der Waals surface area contributed by atoms with Gasteiger partial charge in [0.15, 0.2) is 0 Å². The lowest BCUT2D eigenvalue weighted by molar-refractivity contribution is -0.134. The number of carbonyl (C=O) groups is 1. The molecule has 0 rings (SSSR count). The van der Waals surface area contributed by atoms with E-state index in [2.05, 4.69) is 4.74 Å². The second-order valence-electron chi connectivity index (χ2n) is 2.28. The Hall–Kier alpha value is -0.690. The van der Waals surface area contributed by atoms with Crippen molar-refractivity contribution >= 4 is 5.97 Å². The van der Waals surface area contributed by atoms with Gasteiger partial charge in [-0.1, -0.05) is 0 Å². The van der Waals surface area contributed by atoms with E-state index in [1.165, 1.54) is 6.92 Å². The number of aliphatic hydroxyl groups excluding tert-OH is 3. The van der Waals surface area contributed by atoms with Gasteiger partial charge in [0.05, 0.1) is 12.7 Å². The molecule has 6 nitrogen and oxygen atoms in total. The van der Waals surface area contributed by atoms with Crippen molar-refractivity contribution < 1.29 is 30.0 Å². The minimum Gasteiger partial charge on any atom is -0.481 e. The van der Waals surface area contributed by atoms with Gasteiger partial charge in [-0.05, 0) is 13.8 Å². The maximum atomic E-state index is 9.00. The zero-order chi connectivity index (χ0) is 13.3. The molecule has 0 aliphatic heterocycles. The fourth-order valence-corrected chi connectivity index (χ4v) is 0. The van der Waals surface area contributed by atoms with E-state index in [1.807, 2.05) is 0 Å². The van der Waals surface area contributed by atoms with E-state index in [-0.39, 0.29) is 13.2 Å². The van der Waals surface area contributed by atoms with Gasteiger partial charge in [-0.15, -0.1) is 0 Å². The van der Waals surface area contributed by atoms with Crippen molar-refractivity contribution in [2.75, 3.05) is 27.4 Å². The third kappa shape index (κ3) is 992. The van der Waals surface area contributed by atoms with Crippen LogP contribution in [0.25, 0.3) is 0 Å². The van der Waals surface area contributed by atoms with Crippen molar-refractivity contribution in [2.45, 2.75) is 26.9 Å². The highest BCUT2D eigenvalue weighted by Crippen LogP contribution is 1.68. The molecular formula is C9H24O6. The van der Waals surface area contributed by atoms with E-state index in [0.29, 0.717) is 0 Å². The molecule has 15 heavy (non-hydrogen) atoms. The topological polar surface area (TPSA) is 107 Å². The number of carboxylic acids is 1. The highest BCUT2D eigenvalue weighted by molar-refractivity contribution is 5.62. The normalized spacial score (nSPS) is 9.07. The standard InChI is InChI=1S/C3H8O2.C2H4O2.2C2H6O/c1-3(5)2-4;1-2(3)4;1-3-2;1-2-3/h3-5H,2H2,1H3;1H3,(H,3,4);1-2H3;3H,2H2,1H3. The number of carboxylic acid groups (broad SMARTS) is 1. The Bertz CT molecular complexity index is 88.6. The Kier molecular flexibility index (Phi) is 46.4. The maximum absolute atomic E-state index is 9.00. The van der Waals surface area contributed by atoms with Crippen LogP contribution >= 0.6 is 0 Å². The van der Waals surface area contributed by atoms with Gasteiger partial charge in [0.25, 0.3) is 5.97 Å². The van der Waals surface area contributed by atoms with E-state index in [0.717, 1.165) is 6.92 Å². The Morgan fingerprint density at radius 3 is 1.40 bits per heavy atom.